The first-order chi connectivity index (χ1) is 14.2. The molecule has 1 fully saturated rings. The lowest BCUT2D eigenvalue weighted by Gasteiger charge is -2.13. The van der Waals surface area contributed by atoms with Crippen LogP contribution in [0.3, 0.4) is 0 Å². The molecule has 1 unspecified atom stereocenters. The highest BCUT2D eigenvalue weighted by Gasteiger charge is 2.33. The van der Waals surface area contributed by atoms with E-state index in [1.54, 1.807) is 0 Å². The minimum Gasteiger partial charge on any atom is -0.365 e. The molecule has 1 N–H and O–H groups in total. The fourth-order valence-corrected chi connectivity index (χ4v) is 4.87. The number of hydrogen-bond donors (Lipinski definition) is 1. The number of fused-ring (bicyclic) bond motifs is 3. The van der Waals surface area contributed by atoms with Crippen LogP contribution >= 0.6 is 0 Å². The van der Waals surface area contributed by atoms with Gasteiger partial charge >= 0.3 is 5.69 Å². The van der Waals surface area contributed by atoms with Gasteiger partial charge in [-0.3, -0.25) is 9.13 Å². The van der Waals surface area contributed by atoms with Crippen molar-refractivity contribution in [1.29, 1.82) is 0 Å². The molecular formula is C23H29N5O. The van der Waals surface area contributed by atoms with Gasteiger partial charge in [0, 0.05) is 25.0 Å². The monoisotopic (exact) mass is 391 g/mol. The molecule has 1 aliphatic carbocycles. The summed E-state index contributed by atoms with van der Waals surface area (Å²) in [5.41, 5.74) is 2.25. The average Bonchev–Trinajstić information content (AvgIpc) is 3.49. The van der Waals surface area contributed by atoms with Gasteiger partial charge in [0.15, 0.2) is 5.82 Å². The zero-order valence-corrected chi connectivity index (χ0v) is 17.1. The molecule has 0 aromatic heterocycles. The molecule has 3 aliphatic heterocycles. The van der Waals surface area contributed by atoms with Crippen LogP contribution in [0.1, 0.15) is 62.8 Å². The molecule has 1 aromatic carbocycles. The van der Waals surface area contributed by atoms with Crippen molar-refractivity contribution in [3.8, 4) is 11.5 Å². The Kier molecular flexibility index (Phi) is 4.86. The summed E-state index contributed by atoms with van der Waals surface area (Å²) in [5.74, 6) is 3.02. The third-order valence-electron chi connectivity index (χ3n) is 6.41. The van der Waals surface area contributed by atoms with Crippen LogP contribution in [0.25, 0.3) is 11.5 Å². The lowest BCUT2D eigenvalue weighted by molar-refractivity contribution is 0.547. The van der Waals surface area contributed by atoms with Crippen LogP contribution in [0.4, 0.5) is 5.82 Å². The normalized spacial score (nSPS) is 19.0. The second-order valence-corrected chi connectivity index (χ2v) is 8.49. The molecule has 5 rings (SSSR count). The number of hydrogen-bond acceptors (Lipinski definition) is 4. The predicted octanol–water partition coefficient (Wildman–Crippen LogP) is 4.04. The van der Waals surface area contributed by atoms with Crippen LogP contribution in [0, 0.1) is 0 Å². The SMILES string of the molecule is CCCn1c2nc(C3CCCC3)nc-2c2n(c1=O)CC(CCc1ccccc1)N2. The Hall–Kier alpha value is -2.63. The van der Waals surface area contributed by atoms with Crippen LogP contribution in [0.5, 0.6) is 0 Å². The second kappa shape index (κ2) is 7.65. The van der Waals surface area contributed by atoms with Gasteiger partial charge in [0.05, 0.1) is 0 Å². The maximum atomic E-state index is 13.2. The molecule has 152 valence electrons. The molecule has 0 spiro atoms. The Labute approximate surface area is 171 Å². The van der Waals surface area contributed by atoms with E-state index in [0.717, 1.165) is 55.3 Å². The standard InChI is InChI=1S/C23H29N5O/c1-2-14-27-22-19(25-20(26-22)17-10-6-7-11-17)21-24-18(15-28(21)23(27)29)13-12-16-8-4-3-5-9-16/h3-5,8-9,17-18,24H,2,6-7,10-15H2,1H3. The van der Waals surface area contributed by atoms with Gasteiger partial charge in [-0.2, -0.15) is 0 Å². The van der Waals surface area contributed by atoms with Gasteiger partial charge in [-0.1, -0.05) is 50.1 Å². The molecule has 1 aromatic rings. The third kappa shape index (κ3) is 3.34. The van der Waals surface area contributed by atoms with Crippen LogP contribution in [-0.4, -0.2) is 25.1 Å². The van der Waals surface area contributed by atoms with Gasteiger partial charge in [0.2, 0.25) is 0 Å². The van der Waals surface area contributed by atoms with Crippen molar-refractivity contribution in [3.05, 3.63) is 52.2 Å². The molecular weight excluding hydrogens is 362 g/mol. The van der Waals surface area contributed by atoms with E-state index >= 15 is 0 Å². The molecule has 0 saturated heterocycles. The summed E-state index contributed by atoms with van der Waals surface area (Å²) in [6.07, 6.45) is 7.73. The molecule has 0 bridgehead atoms. The molecule has 1 saturated carbocycles. The topological polar surface area (TPSA) is 64.7 Å². The van der Waals surface area contributed by atoms with E-state index in [1.165, 1.54) is 18.4 Å². The molecule has 0 amide bonds. The first-order valence-corrected chi connectivity index (χ1v) is 11.1. The van der Waals surface area contributed by atoms with Crippen molar-refractivity contribution in [1.82, 2.24) is 19.1 Å². The third-order valence-corrected chi connectivity index (χ3v) is 6.41. The van der Waals surface area contributed by atoms with Crippen molar-refractivity contribution >= 4 is 5.82 Å². The zero-order chi connectivity index (χ0) is 19.8. The number of rotatable bonds is 6. The van der Waals surface area contributed by atoms with Crippen LogP contribution in [0.2, 0.25) is 0 Å². The summed E-state index contributed by atoms with van der Waals surface area (Å²) in [7, 11) is 0. The van der Waals surface area contributed by atoms with Crippen molar-refractivity contribution in [2.75, 3.05) is 5.32 Å². The van der Waals surface area contributed by atoms with Crippen molar-refractivity contribution in [3.63, 3.8) is 0 Å². The van der Waals surface area contributed by atoms with E-state index in [9.17, 15) is 4.79 Å². The highest BCUT2D eigenvalue weighted by Crippen LogP contribution is 2.37. The quantitative estimate of drug-likeness (QED) is 0.689. The number of nitrogens with one attached hydrogen (secondary N) is 1. The Morgan fingerprint density at radius 2 is 1.93 bits per heavy atom. The summed E-state index contributed by atoms with van der Waals surface area (Å²) < 4.78 is 3.73. The average molecular weight is 392 g/mol. The Bertz CT molecular complexity index is 1020. The fourth-order valence-electron chi connectivity index (χ4n) is 4.87. The van der Waals surface area contributed by atoms with E-state index in [1.807, 2.05) is 15.2 Å². The van der Waals surface area contributed by atoms with E-state index in [2.05, 4.69) is 36.5 Å². The summed E-state index contributed by atoms with van der Waals surface area (Å²) in [4.78, 5) is 23.1. The van der Waals surface area contributed by atoms with Crippen molar-refractivity contribution in [2.24, 2.45) is 0 Å². The highest BCUT2D eigenvalue weighted by molar-refractivity contribution is 5.70. The number of nitrogens with zero attached hydrogens (tertiary/aromatic N) is 4. The second-order valence-electron chi connectivity index (χ2n) is 8.49. The molecule has 1 atom stereocenters. The number of imidazole rings is 1. The Morgan fingerprint density at radius 3 is 2.69 bits per heavy atom. The van der Waals surface area contributed by atoms with Gasteiger partial charge in [-0.05, 0) is 37.7 Å². The predicted molar refractivity (Wildman–Crippen MR) is 115 cm³/mol. The van der Waals surface area contributed by atoms with Gasteiger partial charge in [-0.15, -0.1) is 0 Å². The molecule has 4 aliphatic rings. The molecule has 6 nitrogen and oxygen atoms in total. The van der Waals surface area contributed by atoms with Gasteiger partial charge in [0.25, 0.3) is 0 Å². The minimum atomic E-state index is 0.0435. The number of benzene rings is 1. The molecule has 3 heterocycles. The van der Waals surface area contributed by atoms with E-state index in [-0.39, 0.29) is 11.7 Å². The Balaban J connectivity index is 1.47. The van der Waals surface area contributed by atoms with Crippen molar-refractivity contribution in [2.45, 2.75) is 76.9 Å². The zero-order valence-electron chi connectivity index (χ0n) is 17.1. The molecule has 6 heteroatoms. The maximum Gasteiger partial charge on any atom is 0.331 e. The maximum absolute atomic E-state index is 13.2. The number of aryl methyl sites for hydroxylation is 1. The number of anilines is 1. The summed E-state index contributed by atoms with van der Waals surface area (Å²) in [6.45, 7) is 3.49. The van der Waals surface area contributed by atoms with Gasteiger partial charge in [-0.25, -0.2) is 14.8 Å². The minimum absolute atomic E-state index is 0.0435. The van der Waals surface area contributed by atoms with Crippen LogP contribution < -0.4 is 11.0 Å². The van der Waals surface area contributed by atoms with Gasteiger partial charge in [0.1, 0.15) is 17.3 Å². The van der Waals surface area contributed by atoms with Crippen molar-refractivity contribution < 1.29 is 0 Å². The highest BCUT2D eigenvalue weighted by atomic mass is 16.1. The first-order valence-electron chi connectivity index (χ1n) is 11.1. The van der Waals surface area contributed by atoms with Crippen LogP contribution in [0.15, 0.2) is 35.1 Å². The summed E-state index contributed by atoms with van der Waals surface area (Å²) in [6, 6.07) is 10.8. The number of aromatic nitrogens is 4. The molecule has 29 heavy (non-hydrogen) atoms. The van der Waals surface area contributed by atoms with E-state index in [0.29, 0.717) is 19.0 Å². The lowest BCUT2D eigenvalue weighted by Crippen LogP contribution is -2.32. The summed E-state index contributed by atoms with van der Waals surface area (Å²) >= 11 is 0. The van der Waals surface area contributed by atoms with E-state index in [4.69, 9.17) is 9.97 Å². The van der Waals surface area contributed by atoms with E-state index < -0.39 is 0 Å². The Morgan fingerprint density at radius 1 is 1.14 bits per heavy atom. The van der Waals surface area contributed by atoms with Gasteiger partial charge < -0.3 is 5.32 Å². The lowest BCUT2D eigenvalue weighted by atomic mass is 10.1. The largest absolute Gasteiger partial charge is 0.365 e. The first kappa shape index (κ1) is 18.4. The fraction of sp³-hybridized carbons (Fsp3) is 0.522. The van der Waals surface area contributed by atoms with Crippen LogP contribution in [-0.2, 0) is 19.5 Å². The summed E-state index contributed by atoms with van der Waals surface area (Å²) in [5, 5.41) is 3.61. The smallest absolute Gasteiger partial charge is 0.331 e. The molecule has 0 radical (unpaired) electrons.